The van der Waals surface area contributed by atoms with Crippen molar-refractivity contribution in [2.24, 2.45) is 4.99 Å². The van der Waals surface area contributed by atoms with E-state index < -0.39 is 11.7 Å². The second-order valence-electron chi connectivity index (χ2n) is 4.58. The van der Waals surface area contributed by atoms with Crippen LogP contribution in [0.3, 0.4) is 0 Å². The Hall–Kier alpha value is -1.95. The predicted octanol–water partition coefficient (Wildman–Crippen LogP) is 4.89. The minimum atomic E-state index is -4.34. The first-order valence-electron chi connectivity index (χ1n) is 6.26. The second-order valence-corrected chi connectivity index (χ2v) is 5.67. The van der Waals surface area contributed by atoms with E-state index in [1.807, 2.05) is 34.6 Å². The van der Waals surface area contributed by atoms with Gasteiger partial charge in [-0.25, -0.2) is 4.99 Å². The van der Waals surface area contributed by atoms with E-state index >= 15 is 0 Å². The molecule has 0 N–H and O–H groups in total. The van der Waals surface area contributed by atoms with Crippen LogP contribution in [-0.2, 0) is 12.7 Å². The van der Waals surface area contributed by atoms with Crippen LogP contribution < -0.4 is 0 Å². The smallest absolute Gasteiger partial charge is 0.298 e. The molecule has 0 saturated carbocycles. The van der Waals surface area contributed by atoms with Gasteiger partial charge in [-0.3, -0.25) is 4.31 Å². The van der Waals surface area contributed by atoms with Gasteiger partial charge in [0.25, 0.3) is 0 Å². The number of fused-ring (bicyclic) bond motifs is 1. The van der Waals surface area contributed by atoms with Crippen molar-refractivity contribution in [3.05, 3.63) is 59.7 Å². The first-order valence-corrected chi connectivity index (χ1v) is 7.04. The van der Waals surface area contributed by atoms with Gasteiger partial charge in [0.2, 0.25) is 0 Å². The van der Waals surface area contributed by atoms with Crippen molar-refractivity contribution in [1.82, 2.24) is 4.31 Å². The van der Waals surface area contributed by atoms with Crippen molar-refractivity contribution in [2.75, 3.05) is 0 Å². The number of hydrogen-bond acceptors (Lipinski definition) is 3. The molecule has 0 fully saturated rings. The number of nitrogens with zero attached hydrogens (tertiary/aromatic N) is 2. The van der Waals surface area contributed by atoms with Gasteiger partial charge in [-0.1, -0.05) is 30.3 Å². The molecule has 0 atom stereocenters. The molecule has 2 aromatic carbocycles. The summed E-state index contributed by atoms with van der Waals surface area (Å²) in [5.74, 6) is 0. The van der Waals surface area contributed by atoms with Crippen molar-refractivity contribution in [3.63, 3.8) is 0 Å². The number of halogens is 3. The summed E-state index contributed by atoms with van der Waals surface area (Å²) in [7, 11) is 0. The Morgan fingerprint density at radius 3 is 2.52 bits per heavy atom. The molecular weight excluding hydrogens is 297 g/mol. The van der Waals surface area contributed by atoms with Gasteiger partial charge in [-0.2, -0.15) is 13.2 Å². The third-order valence-corrected chi connectivity index (χ3v) is 4.01. The fourth-order valence-corrected chi connectivity index (χ4v) is 2.88. The average Bonchev–Trinajstić information content (AvgIpc) is 2.47. The lowest BCUT2D eigenvalue weighted by Gasteiger charge is -2.23. The molecule has 2 aromatic rings. The monoisotopic (exact) mass is 308 g/mol. The molecule has 21 heavy (non-hydrogen) atoms. The largest absolute Gasteiger partial charge is 0.416 e. The number of rotatable bonds is 2. The average molecular weight is 308 g/mol. The molecule has 0 radical (unpaired) electrons. The molecule has 108 valence electrons. The number of hydrogen-bond donors (Lipinski definition) is 0. The lowest BCUT2D eigenvalue weighted by molar-refractivity contribution is -0.137. The molecule has 0 bridgehead atoms. The molecular formula is C15H11F3N2S. The highest BCUT2D eigenvalue weighted by atomic mass is 32.2. The summed E-state index contributed by atoms with van der Waals surface area (Å²) in [5.41, 5.74) is 0.807. The van der Waals surface area contributed by atoms with E-state index in [0.717, 1.165) is 22.6 Å². The van der Waals surface area contributed by atoms with Crippen molar-refractivity contribution >= 4 is 24.0 Å². The maximum Gasteiger partial charge on any atom is 0.416 e. The second kappa shape index (κ2) is 5.44. The van der Waals surface area contributed by atoms with Gasteiger partial charge in [-0.05, 0) is 35.7 Å². The predicted molar refractivity (Wildman–Crippen MR) is 77.4 cm³/mol. The molecule has 2 nitrogen and oxygen atoms in total. The fourth-order valence-electron chi connectivity index (χ4n) is 1.98. The van der Waals surface area contributed by atoms with E-state index in [1.54, 1.807) is 6.34 Å². The van der Waals surface area contributed by atoms with Gasteiger partial charge in [-0.15, -0.1) is 0 Å². The Morgan fingerprint density at radius 1 is 1.05 bits per heavy atom. The fraction of sp³-hybridized carbons (Fsp3) is 0.133. The lowest BCUT2D eigenvalue weighted by atomic mass is 10.2. The highest BCUT2D eigenvalue weighted by Gasteiger charge is 2.31. The summed E-state index contributed by atoms with van der Waals surface area (Å²) < 4.78 is 39.9. The molecule has 1 aliphatic rings. The molecule has 0 aliphatic carbocycles. The van der Waals surface area contributed by atoms with Crippen LogP contribution in [0, 0.1) is 0 Å². The molecule has 0 amide bonds. The van der Waals surface area contributed by atoms with E-state index in [-0.39, 0.29) is 0 Å². The van der Waals surface area contributed by atoms with Gasteiger partial charge >= 0.3 is 6.18 Å². The van der Waals surface area contributed by atoms with Crippen LogP contribution in [0.2, 0.25) is 0 Å². The number of alkyl halides is 3. The Labute approximate surface area is 124 Å². The van der Waals surface area contributed by atoms with Crippen molar-refractivity contribution in [1.29, 1.82) is 0 Å². The topological polar surface area (TPSA) is 15.6 Å². The van der Waals surface area contributed by atoms with Crippen molar-refractivity contribution in [2.45, 2.75) is 17.6 Å². The molecule has 6 heteroatoms. The normalized spacial score (nSPS) is 14.1. The molecule has 0 aromatic heterocycles. The van der Waals surface area contributed by atoms with Gasteiger partial charge in [0.15, 0.2) is 0 Å². The first-order chi connectivity index (χ1) is 10.0. The Morgan fingerprint density at radius 2 is 1.81 bits per heavy atom. The van der Waals surface area contributed by atoms with Gasteiger partial charge in [0.05, 0.1) is 22.7 Å². The van der Waals surface area contributed by atoms with Crippen LogP contribution in [-0.4, -0.2) is 10.6 Å². The quantitative estimate of drug-likeness (QED) is 0.734. The highest BCUT2D eigenvalue weighted by Crippen LogP contribution is 2.40. The minimum Gasteiger partial charge on any atom is -0.298 e. The van der Waals surface area contributed by atoms with Crippen LogP contribution in [0.25, 0.3) is 0 Å². The molecule has 0 spiro atoms. The third kappa shape index (κ3) is 3.21. The van der Waals surface area contributed by atoms with E-state index in [4.69, 9.17) is 0 Å². The van der Waals surface area contributed by atoms with Gasteiger partial charge < -0.3 is 0 Å². The summed E-state index contributed by atoms with van der Waals surface area (Å²) in [4.78, 5) is 4.85. The Balaban J connectivity index is 1.79. The van der Waals surface area contributed by atoms with Gasteiger partial charge in [0, 0.05) is 0 Å². The summed E-state index contributed by atoms with van der Waals surface area (Å²) in [6, 6.07) is 13.5. The Bertz CT molecular complexity index is 668. The summed E-state index contributed by atoms with van der Waals surface area (Å²) in [6.07, 6.45) is -2.77. The summed E-state index contributed by atoms with van der Waals surface area (Å²) >= 11 is 1.39. The Kier molecular flexibility index (Phi) is 3.63. The SMILES string of the molecule is FC(F)(F)c1ccc2c(c1)N=CN(Cc1ccccc1)S2. The van der Waals surface area contributed by atoms with E-state index in [0.29, 0.717) is 12.2 Å². The number of benzene rings is 2. The molecule has 0 unspecified atom stereocenters. The maximum atomic E-state index is 12.7. The minimum absolute atomic E-state index is 0.360. The highest BCUT2D eigenvalue weighted by molar-refractivity contribution is 7.97. The van der Waals surface area contributed by atoms with E-state index in [9.17, 15) is 13.2 Å². The van der Waals surface area contributed by atoms with E-state index in [1.165, 1.54) is 18.0 Å². The molecule has 0 saturated heterocycles. The van der Waals surface area contributed by atoms with Crippen molar-refractivity contribution in [3.8, 4) is 0 Å². The third-order valence-electron chi connectivity index (χ3n) is 3.01. The molecule has 3 rings (SSSR count). The van der Waals surface area contributed by atoms with Crippen LogP contribution >= 0.6 is 11.9 Å². The zero-order valence-electron chi connectivity index (χ0n) is 10.8. The van der Waals surface area contributed by atoms with Crippen LogP contribution in [0.4, 0.5) is 18.9 Å². The summed E-state index contributed by atoms with van der Waals surface area (Å²) in [5, 5.41) is 0. The van der Waals surface area contributed by atoms with Gasteiger partial charge in [0.1, 0.15) is 6.34 Å². The maximum absolute atomic E-state index is 12.7. The molecule has 1 heterocycles. The van der Waals surface area contributed by atoms with Crippen LogP contribution in [0.15, 0.2) is 58.4 Å². The van der Waals surface area contributed by atoms with Crippen LogP contribution in [0.1, 0.15) is 11.1 Å². The first kappa shape index (κ1) is 14.0. The lowest BCUT2D eigenvalue weighted by Crippen LogP contribution is -2.15. The van der Waals surface area contributed by atoms with Crippen molar-refractivity contribution < 1.29 is 13.2 Å². The number of aliphatic imine (C=N–C) groups is 1. The molecule has 1 aliphatic heterocycles. The summed E-state index contributed by atoms with van der Waals surface area (Å²) in [6.45, 7) is 0.648. The van der Waals surface area contributed by atoms with E-state index in [2.05, 4.69) is 4.99 Å². The van der Waals surface area contributed by atoms with Crippen LogP contribution in [0.5, 0.6) is 0 Å². The zero-order chi connectivity index (χ0) is 14.9. The standard InChI is InChI=1S/C15H11F3N2S/c16-15(17,18)12-6-7-14-13(8-12)19-10-20(21-14)9-11-4-2-1-3-5-11/h1-8,10H,9H2. The zero-order valence-corrected chi connectivity index (χ0v) is 11.7.